The third-order valence-corrected chi connectivity index (χ3v) is 0.707. The minimum Gasteiger partial charge on any atom is -0.711 e. The van der Waals surface area contributed by atoms with Gasteiger partial charge in [0.15, 0.2) is 0 Å². The van der Waals surface area contributed by atoms with E-state index < -0.39 is 0 Å². The first-order valence-electron chi connectivity index (χ1n) is 2.08. The topological polar surface area (TPSA) is 38.1 Å². The van der Waals surface area contributed by atoms with Crippen LogP contribution in [0.15, 0.2) is 12.3 Å². The van der Waals surface area contributed by atoms with Gasteiger partial charge in [0.05, 0.1) is 6.20 Å². The SMILES string of the molecule is [O-][N+]1=CNCC=C1. The largest absolute Gasteiger partial charge is 0.711 e. The van der Waals surface area contributed by atoms with Crippen LogP contribution >= 0.6 is 0 Å². The molecule has 0 saturated carbocycles. The Hall–Kier alpha value is -0.990. The second kappa shape index (κ2) is 1.64. The van der Waals surface area contributed by atoms with Crippen LogP contribution in [0.25, 0.3) is 0 Å². The lowest BCUT2D eigenvalue weighted by Gasteiger charge is -2.04. The van der Waals surface area contributed by atoms with Crippen LogP contribution < -0.4 is 5.32 Å². The minimum atomic E-state index is 0.726. The van der Waals surface area contributed by atoms with Gasteiger partial charge in [0.25, 0.3) is 0 Å². The summed E-state index contributed by atoms with van der Waals surface area (Å²) in [5.74, 6) is 0. The third-order valence-electron chi connectivity index (χ3n) is 0.707. The van der Waals surface area contributed by atoms with E-state index in [-0.39, 0.29) is 0 Å². The monoisotopic (exact) mass is 98.0 g/mol. The molecule has 0 aromatic carbocycles. The molecular formula is C4H6N2O. The Morgan fingerprint density at radius 2 is 2.57 bits per heavy atom. The second-order valence-corrected chi connectivity index (χ2v) is 1.28. The molecule has 0 aliphatic carbocycles. The van der Waals surface area contributed by atoms with Crippen molar-refractivity contribution in [3.8, 4) is 0 Å². The maximum absolute atomic E-state index is 10.2. The van der Waals surface area contributed by atoms with Gasteiger partial charge in [-0.3, -0.25) is 5.32 Å². The predicted octanol–water partition coefficient (Wildman–Crippen LogP) is -0.358. The predicted molar refractivity (Wildman–Crippen MR) is 26.8 cm³/mol. The van der Waals surface area contributed by atoms with Crippen LogP contribution in [-0.4, -0.2) is 17.6 Å². The number of hydrogen-bond donors (Lipinski definition) is 1. The molecule has 0 unspecified atom stereocenters. The van der Waals surface area contributed by atoms with Gasteiger partial charge in [0.1, 0.15) is 6.54 Å². The number of nitrogens with zero attached hydrogens (tertiary/aromatic N) is 1. The van der Waals surface area contributed by atoms with Gasteiger partial charge < -0.3 is 5.21 Å². The molecule has 0 bridgehead atoms. The minimum absolute atomic E-state index is 0.726. The maximum Gasteiger partial charge on any atom is 0.239 e. The molecule has 1 heterocycles. The molecule has 0 aromatic rings. The van der Waals surface area contributed by atoms with Gasteiger partial charge in [-0.25, -0.2) is 4.74 Å². The molecule has 1 aliphatic rings. The molecule has 1 aliphatic heterocycles. The maximum atomic E-state index is 10.2. The van der Waals surface area contributed by atoms with E-state index in [0.29, 0.717) is 0 Å². The van der Waals surface area contributed by atoms with Gasteiger partial charge in [0.2, 0.25) is 6.34 Å². The van der Waals surface area contributed by atoms with Gasteiger partial charge in [0, 0.05) is 0 Å². The van der Waals surface area contributed by atoms with E-state index in [1.165, 1.54) is 12.5 Å². The summed E-state index contributed by atoms with van der Waals surface area (Å²) in [6, 6.07) is 0. The first kappa shape index (κ1) is 4.18. The zero-order chi connectivity index (χ0) is 5.11. The van der Waals surface area contributed by atoms with Gasteiger partial charge in [-0.05, 0) is 6.08 Å². The number of nitrogens with one attached hydrogen (secondary N) is 1. The normalized spacial score (nSPS) is 18.0. The smallest absolute Gasteiger partial charge is 0.239 e. The lowest BCUT2D eigenvalue weighted by atomic mass is 10.6. The molecule has 0 amide bonds. The van der Waals surface area contributed by atoms with Crippen molar-refractivity contribution in [1.29, 1.82) is 0 Å². The summed E-state index contributed by atoms with van der Waals surface area (Å²) < 4.78 is 0.726. The Bertz CT molecular complexity index is 117. The molecule has 7 heavy (non-hydrogen) atoms. The molecule has 1 rings (SSSR count). The molecule has 0 saturated heterocycles. The van der Waals surface area contributed by atoms with Crippen LogP contribution in [0.4, 0.5) is 0 Å². The number of hydrogen-bond acceptors (Lipinski definition) is 2. The standard InChI is InChI=1S/C4H6N2O/c7-6-3-1-2-5-4-6/h1,3-5H,2H2. The van der Waals surface area contributed by atoms with E-state index in [0.717, 1.165) is 11.3 Å². The van der Waals surface area contributed by atoms with Crippen LogP contribution in [0.3, 0.4) is 0 Å². The molecule has 0 aromatic heterocycles. The van der Waals surface area contributed by atoms with E-state index >= 15 is 0 Å². The van der Waals surface area contributed by atoms with Crippen molar-refractivity contribution in [2.24, 2.45) is 0 Å². The van der Waals surface area contributed by atoms with Gasteiger partial charge >= 0.3 is 0 Å². The summed E-state index contributed by atoms with van der Waals surface area (Å²) in [7, 11) is 0. The first-order valence-corrected chi connectivity index (χ1v) is 2.08. The molecule has 0 radical (unpaired) electrons. The zero-order valence-corrected chi connectivity index (χ0v) is 3.79. The molecular weight excluding hydrogens is 92.1 g/mol. The fraction of sp³-hybridized carbons (Fsp3) is 0.250. The lowest BCUT2D eigenvalue weighted by molar-refractivity contribution is -0.377. The fourth-order valence-corrected chi connectivity index (χ4v) is 0.410. The second-order valence-electron chi connectivity index (χ2n) is 1.28. The van der Waals surface area contributed by atoms with Crippen LogP contribution in [0.1, 0.15) is 0 Å². The average Bonchev–Trinajstić information content (AvgIpc) is 1.69. The molecule has 0 spiro atoms. The number of rotatable bonds is 0. The zero-order valence-electron chi connectivity index (χ0n) is 3.79. The van der Waals surface area contributed by atoms with E-state index in [2.05, 4.69) is 5.32 Å². The van der Waals surface area contributed by atoms with Crippen molar-refractivity contribution in [2.45, 2.75) is 0 Å². The van der Waals surface area contributed by atoms with E-state index in [1.807, 2.05) is 0 Å². The molecule has 3 heteroatoms. The highest BCUT2D eigenvalue weighted by atomic mass is 16.5. The summed E-state index contributed by atoms with van der Waals surface area (Å²) in [6.45, 7) is 0.763. The van der Waals surface area contributed by atoms with Crippen molar-refractivity contribution in [3.63, 3.8) is 0 Å². The summed E-state index contributed by atoms with van der Waals surface area (Å²) in [5, 5.41) is 12.9. The van der Waals surface area contributed by atoms with Crippen LogP contribution in [0.2, 0.25) is 0 Å². The number of hydroxylamine groups is 1. The summed E-state index contributed by atoms with van der Waals surface area (Å²) in [6.07, 6.45) is 4.60. The summed E-state index contributed by atoms with van der Waals surface area (Å²) >= 11 is 0. The van der Waals surface area contributed by atoms with Gasteiger partial charge in [-0.15, -0.1) is 0 Å². The van der Waals surface area contributed by atoms with Crippen molar-refractivity contribution in [3.05, 3.63) is 17.5 Å². The molecule has 1 N–H and O–H groups in total. The Balaban J connectivity index is 2.58. The lowest BCUT2D eigenvalue weighted by Crippen LogP contribution is -2.20. The van der Waals surface area contributed by atoms with Crippen LogP contribution in [0, 0.1) is 5.21 Å². The van der Waals surface area contributed by atoms with Crippen LogP contribution in [0.5, 0.6) is 0 Å². The average molecular weight is 98.1 g/mol. The Kier molecular flexibility index (Phi) is 0.978. The van der Waals surface area contributed by atoms with Crippen molar-refractivity contribution in [1.82, 2.24) is 5.32 Å². The Morgan fingerprint density at radius 3 is 2.86 bits per heavy atom. The van der Waals surface area contributed by atoms with E-state index in [4.69, 9.17) is 0 Å². The Labute approximate surface area is 41.5 Å². The highest BCUT2D eigenvalue weighted by molar-refractivity contribution is 5.49. The van der Waals surface area contributed by atoms with Crippen LogP contribution in [-0.2, 0) is 0 Å². The molecule has 3 nitrogen and oxygen atoms in total. The highest BCUT2D eigenvalue weighted by Crippen LogP contribution is 1.75. The third kappa shape index (κ3) is 0.924. The Morgan fingerprint density at radius 1 is 1.71 bits per heavy atom. The van der Waals surface area contributed by atoms with Gasteiger partial charge in [-0.2, -0.15) is 0 Å². The van der Waals surface area contributed by atoms with Crippen molar-refractivity contribution >= 4 is 6.34 Å². The first-order chi connectivity index (χ1) is 3.39. The molecule has 0 fully saturated rings. The quantitative estimate of drug-likeness (QED) is 0.332. The van der Waals surface area contributed by atoms with Crippen molar-refractivity contribution in [2.75, 3.05) is 6.54 Å². The van der Waals surface area contributed by atoms with Crippen molar-refractivity contribution < 1.29 is 4.74 Å². The summed E-state index contributed by atoms with van der Waals surface area (Å²) in [5.41, 5.74) is 0. The fourth-order valence-electron chi connectivity index (χ4n) is 0.410. The van der Waals surface area contributed by atoms with E-state index in [9.17, 15) is 5.21 Å². The molecule has 0 atom stereocenters. The highest BCUT2D eigenvalue weighted by Gasteiger charge is 1.87. The van der Waals surface area contributed by atoms with Gasteiger partial charge in [-0.1, -0.05) is 0 Å². The molecule has 38 valence electrons. The van der Waals surface area contributed by atoms with E-state index in [1.54, 1.807) is 6.08 Å². The summed E-state index contributed by atoms with van der Waals surface area (Å²) in [4.78, 5) is 0.